The summed E-state index contributed by atoms with van der Waals surface area (Å²) < 4.78 is 5.66. The van der Waals surface area contributed by atoms with Crippen LogP contribution in [0.4, 0.5) is 0 Å². The Morgan fingerprint density at radius 2 is 2.12 bits per heavy atom. The third kappa shape index (κ3) is 4.89. The number of carbonyl (C=O) groups is 1. The number of amides is 1. The van der Waals surface area contributed by atoms with Gasteiger partial charge in [0, 0.05) is 13.0 Å². The van der Waals surface area contributed by atoms with Crippen LogP contribution in [0.2, 0.25) is 0 Å². The lowest BCUT2D eigenvalue weighted by Gasteiger charge is -2.10. The second kappa shape index (κ2) is 6.94. The van der Waals surface area contributed by atoms with Crippen molar-refractivity contribution >= 4 is 5.91 Å². The monoisotopic (exact) mass is 235 g/mol. The van der Waals surface area contributed by atoms with Gasteiger partial charge in [-0.05, 0) is 31.9 Å². The van der Waals surface area contributed by atoms with E-state index in [1.54, 1.807) is 0 Å². The molecule has 3 nitrogen and oxygen atoms in total. The molecule has 94 valence electrons. The lowest BCUT2D eigenvalue weighted by Crippen LogP contribution is -2.24. The van der Waals surface area contributed by atoms with Gasteiger partial charge in [0.1, 0.15) is 5.75 Å². The van der Waals surface area contributed by atoms with E-state index in [4.69, 9.17) is 4.74 Å². The van der Waals surface area contributed by atoms with Gasteiger partial charge in [-0.2, -0.15) is 0 Å². The van der Waals surface area contributed by atoms with E-state index < -0.39 is 0 Å². The number of aryl methyl sites for hydroxylation is 2. The van der Waals surface area contributed by atoms with Gasteiger partial charge in [0.25, 0.3) is 0 Å². The predicted molar refractivity (Wildman–Crippen MR) is 69.3 cm³/mol. The number of rotatable bonds is 6. The third-order valence-corrected chi connectivity index (χ3v) is 2.55. The minimum atomic E-state index is 0.0940. The molecule has 0 spiro atoms. The van der Waals surface area contributed by atoms with Crippen LogP contribution < -0.4 is 10.1 Å². The minimum absolute atomic E-state index is 0.0940. The van der Waals surface area contributed by atoms with E-state index in [0.717, 1.165) is 17.7 Å². The fourth-order valence-corrected chi connectivity index (χ4v) is 1.57. The van der Waals surface area contributed by atoms with Crippen LogP contribution in [0, 0.1) is 13.8 Å². The molecule has 0 atom stereocenters. The van der Waals surface area contributed by atoms with Gasteiger partial charge in [-0.3, -0.25) is 4.79 Å². The average molecular weight is 235 g/mol. The van der Waals surface area contributed by atoms with Gasteiger partial charge in [0.05, 0.1) is 6.61 Å². The highest BCUT2D eigenvalue weighted by atomic mass is 16.5. The summed E-state index contributed by atoms with van der Waals surface area (Å²) in [6, 6.07) is 6.14. The van der Waals surface area contributed by atoms with E-state index in [9.17, 15) is 4.79 Å². The maximum atomic E-state index is 11.0. The van der Waals surface area contributed by atoms with Crippen LogP contribution in [0.3, 0.4) is 0 Å². The lowest BCUT2D eigenvalue weighted by molar-refractivity contribution is -0.120. The van der Waals surface area contributed by atoms with E-state index in [1.807, 2.05) is 26.0 Å². The fourth-order valence-electron chi connectivity index (χ4n) is 1.57. The van der Waals surface area contributed by atoms with Crippen LogP contribution >= 0.6 is 0 Å². The standard InChI is InChI=1S/C14H21NO2/c1-4-14(16)15-8-5-9-17-13-7-6-11(2)10-12(13)3/h6-7,10H,4-5,8-9H2,1-3H3,(H,15,16). The highest BCUT2D eigenvalue weighted by molar-refractivity contribution is 5.75. The Hall–Kier alpha value is -1.51. The summed E-state index contributed by atoms with van der Waals surface area (Å²) in [6.07, 6.45) is 1.37. The molecule has 0 aliphatic carbocycles. The summed E-state index contributed by atoms with van der Waals surface area (Å²) in [5.41, 5.74) is 2.40. The van der Waals surface area contributed by atoms with Crippen molar-refractivity contribution in [1.82, 2.24) is 5.32 Å². The molecule has 1 aromatic rings. The maximum Gasteiger partial charge on any atom is 0.219 e. The van der Waals surface area contributed by atoms with Gasteiger partial charge in [0.2, 0.25) is 5.91 Å². The van der Waals surface area contributed by atoms with E-state index in [0.29, 0.717) is 19.6 Å². The highest BCUT2D eigenvalue weighted by Gasteiger charge is 2.00. The van der Waals surface area contributed by atoms with Crippen LogP contribution in [0.15, 0.2) is 18.2 Å². The summed E-state index contributed by atoms with van der Waals surface area (Å²) in [6.45, 7) is 7.27. The number of ether oxygens (including phenoxy) is 1. The summed E-state index contributed by atoms with van der Waals surface area (Å²) in [5.74, 6) is 1.02. The molecular weight excluding hydrogens is 214 g/mol. The van der Waals surface area contributed by atoms with E-state index in [2.05, 4.69) is 18.3 Å². The molecule has 17 heavy (non-hydrogen) atoms. The Morgan fingerprint density at radius 3 is 2.76 bits per heavy atom. The quantitative estimate of drug-likeness (QED) is 0.770. The van der Waals surface area contributed by atoms with Gasteiger partial charge in [-0.25, -0.2) is 0 Å². The van der Waals surface area contributed by atoms with Crippen molar-refractivity contribution in [2.24, 2.45) is 0 Å². The van der Waals surface area contributed by atoms with Crippen molar-refractivity contribution < 1.29 is 9.53 Å². The Kier molecular flexibility index (Phi) is 5.53. The first-order chi connectivity index (χ1) is 8.13. The Bertz CT molecular complexity index is 374. The summed E-state index contributed by atoms with van der Waals surface area (Å²) in [7, 11) is 0. The molecule has 0 heterocycles. The molecular formula is C14H21NO2. The van der Waals surface area contributed by atoms with Crippen LogP contribution in [0.5, 0.6) is 5.75 Å². The Morgan fingerprint density at radius 1 is 1.35 bits per heavy atom. The van der Waals surface area contributed by atoms with Crippen molar-refractivity contribution in [3.05, 3.63) is 29.3 Å². The van der Waals surface area contributed by atoms with Gasteiger partial charge in [0.15, 0.2) is 0 Å². The van der Waals surface area contributed by atoms with Gasteiger partial charge >= 0.3 is 0 Å². The lowest BCUT2D eigenvalue weighted by atomic mass is 10.1. The number of benzene rings is 1. The topological polar surface area (TPSA) is 38.3 Å². The fraction of sp³-hybridized carbons (Fsp3) is 0.500. The second-order valence-electron chi connectivity index (χ2n) is 4.17. The van der Waals surface area contributed by atoms with Crippen molar-refractivity contribution in [2.75, 3.05) is 13.2 Å². The number of hydrogen-bond acceptors (Lipinski definition) is 2. The van der Waals surface area contributed by atoms with E-state index in [1.165, 1.54) is 5.56 Å². The molecule has 0 aliphatic heterocycles. The number of carbonyl (C=O) groups excluding carboxylic acids is 1. The molecule has 0 unspecified atom stereocenters. The van der Waals surface area contributed by atoms with Gasteiger partial charge in [-0.15, -0.1) is 0 Å². The summed E-state index contributed by atoms with van der Waals surface area (Å²) in [4.78, 5) is 11.0. The van der Waals surface area contributed by atoms with Crippen LogP contribution in [-0.4, -0.2) is 19.1 Å². The zero-order valence-electron chi connectivity index (χ0n) is 10.9. The third-order valence-electron chi connectivity index (χ3n) is 2.55. The summed E-state index contributed by atoms with van der Waals surface area (Å²) >= 11 is 0. The number of nitrogens with one attached hydrogen (secondary N) is 1. The highest BCUT2D eigenvalue weighted by Crippen LogP contribution is 2.18. The normalized spacial score (nSPS) is 10.1. The molecule has 1 rings (SSSR count). The predicted octanol–water partition coefficient (Wildman–Crippen LogP) is 2.60. The van der Waals surface area contributed by atoms with E-state index >= 15 is 0 Å². The SMILES string of the molecule is CCC(=O)NCCCOc1ccc(C)cc1C. The van der Waals surface area contributed by atoms with Gasteiger partial charge < -0.3 is 10.1 Å². The molecule has 0 aromatic heterocycles. The zero-order chi connectivity index (χ0) is 12.7. The van der Waals surface area contributed by atoms with Crippen molar-refractivity contribution in [2.45, 2.75) is 33.6 Å². The number of hydrogen-bond donors (Lipinski definition) is 1. The smallest absolute Gasteiger partial charge is 0.219 e. The van der Waals surface area contributed by atoms with E-state index in [-0.39, 0.29) is 5.91 Å². The average Bonchev–Trinajstić information content (AvgIpc) is 2.30. The molecule has 0 radical (unpaired) electrons. The summed E-state index contributed by atoms with van der Waals surface area (Å²) in [5, 5.41) is 2.82. The zero-order valence-corrected chi connectivity index (χ0v) is 10.9. The molecule has 1 amide bonds. The van der Waals surface area contributed by atoms with Crippen molar-refractivity contribution in [3.8, 4) is 5.75 Å². The Labute approximate surface area is 103 Å². The van der Waals surface area contributed by atoms with Crippen molar-refractivity contribution in [1.29, 1.82) is 0 Å². The first-order valence-corrected chi connectivity index (χ1v) is 6.10. The minimum Gasteiger partial charge on any atom is -0.493 e. The van der Waals surface area contributed by atoms with Crippen molar-refractivity contribution in [3.63, 3.8) is 0 Å². The van der Waals surface area contributed by atoms with Crippen LogP contribution in [-0.2, 0) is 4.79 Å². The Balaban J connectivity index is 2.24. The second-order valence-corrected chi connectivity index (χ2v) is 4.17. The molecule has 0 fully saturated rings. The largest absolute Gasteiger partial charge is 0.493 e. The molecule has 0 saturated carbocycles. The molecule has 0 aliphatic rings. The van der Waals surface area contributed by atoms with Gasteiger partial charge in [-0.1, -0.05) is 24.6 Å². The van der Waals surface area contributed by atoms with Crippen LogP contribution in [0.25, 0.3) is 0 Å². The maximum absolute atomic E-state index is 11.0. The molecule has 3 heteroatoms. The molecule has 0 saturated heterocycles. The first kappa shape index (κ1) is 13.6. The molecule has 1 N–H and O–H groups in total. The molecule has 0 bridgehead atoms. The first-order valence-electron chi connectivity index (χ1n) is 6.10. The van der Waals surface area contributed by atoms with Crippen LogP contribution in [0.1, 0.15) is 30.9 Å². The molecule has 1 aromatic carbocycles.